The maximum Gasteiger partial charge on any atom is 0.203 e. The Labute approximate surface area is 75.3 Å². The van der Waals surface area contributed by atoms with Gasteiger partial charge in [-0.15, -0.1) is 11.3 Å². The summed E-state index contributed by atoms with van der Waals surface area (Å²) in [5, 5.41) is 1.05. The van der Waals surface area contributed by atoms with Gasteiger partial charge in [0.1, 0.15) is 0 Å². The fourth-order valence-electron chi connectivity index (χ4n) is 1.23. The predicted molar refractivity (Wildman–Crippen MR) is 46.1 cm³/mol. The minimum atomic E-state index is -0.536. The van der Waals surface area contributed by atoms with Gasteiger partial charge in [-0.3, -0.25) is 0 Å². The van der Waals surface area contributed by atoms with Gasteiger partial charge in [-0.2, -0.15) is 0 Å². The minimum absolute atomic E-state index is 0.536. The first-order chi connectivity index (χ1) is 5.71. The fraction of sp³-hybridized carbons (Fsp3) is 0.625. The van der Waals surface area contributed by atoms with Gasteiger partial charge in [0.05, 0.1) is 23.1 Å². The lowest BCUT2D eigenvalue weighted by Crippen LogP contribution is -2.20. The normalized spacial score (nSPS) is 21.5. The van der Waals surface area contributed by atoms with E-state index in [-0.39, 0.29) is 0 Å². The predicted octanol–water partition coefficient (Wildman–Crippen LogP) is 1.67. The van der Waals surface area contributed by atoms with E-state index in [1.165, 1.54) is 0 Å². The van der Waals surface area contributed by atoms with Gasteiger partial charge in [-0.05, 0) is 13.8 Å². The molecule has 0 radical (unpaired) electrons. The van der Waals surface area contributed by atoms with Gasteiger partial charge in [0, 0.05) is 6.20 Å². The highest BCUT2D eigenvalue weighted by Gasteiger charge is 2.34. The van der Waals surface area contributed by atoms with Crippen LogP contribution in [0.3, 0.4) is 0 Å². The summed E-state index contributed by atoms with van der Waals surface area (Å²) in [7, 11) is 0. The number of nitrogens with zero attached hydrogens (tertiary/aromatic N) is 1. The van der Waals surface area contributed by atoms with Gasteiger partial charge in [0.15, 0.2) is 0 Å². The Morgan fingerprint density at radius 3 is 2.67 bits per heavy atom. The molecule has 1 saturated heterocycles. The average Bonchev–Trinajstić information content (AvgIpc) is 2.59. The topological polar surface area (TPSA) is 31.4 Å². The Morgan fingerprint density at radius 1 is 1.50 bits per heavy atom. The lowest BCUT2D eigenvalue weighted by atomic mass is 10.3. The summed E-state index contributed by atoms with van der Waals surface area (Å²) in [6.45, 7) is 5.26. The van der Waals surface area contributed by atoms with Crippen molar-refractivity contribution in [3.63, 3.8) is 0 Å². The van der Waals surface area contributed by atoms with Gasteiger partial charge in [-0.1, -0.05) is 0 Å². The third-order valence-corrected chi connectivity index (χ3v) is 3.00. The molecule has 0 bridgehead atoms. The first-order valence-corrected chi connectivity index (χ1v) is 4.73. The lowest BCUT2D eigenvalue weighted by Gasteiger charge is -2.19. The van der Waals surface area contributed by atoms with Crippen LogP contribution < -0.4 is 0 Å². The van der Waals surface area contributed by atoms with Crippen molar-refractivity contribution in [3.05, 3.63) is 16.1 Å². The van der Waals surface area contributed by atoms with Crippen LogP contribution in [0.4, 0.5) is 0 Å². The molecule has 0 unspecified atom stereocenters. The second kappa shape index (κ2) is 2.80. The Kier molecular flexibility index (Phi) is 1.90. The van der Waals surface area contributed by atoms with Crippen molar-refractivity contribution in [2.45, 2.75) is 19.6 Å². The number of thiazole rings is 1. The maximum atomic E-state index is 5.49. The van der Waals surface area contributed by atoms with Crippen LogP contribution in [0.5, 0.6) is 0 Å². The van der Waals surface area contributed by atoms with Crippen molar-refractivity contribution in [2.75, 3.05) is 13.2 Å². The van der Waals surface area contributed by atoms with Gasteiger partial charge in [0.2, 0.25) is 5.79 Å². The molecular formula is C8H11NO2S. The third kappa shape index (κ3) is 1.26. The molecule has 2 rings (SSSR count). The largest absolute Gasteiger partial charge is 0.343 e. The van der Waals surface area contributed by atoms with Crippen LogP contribution in [0.2, 0.25) is 0 Å². The van der Waals surface area contributed by atoms with E-state index in [9.17, 15) is 0 Å². The number of aromatic nitrogens is 1. The summed E-state index contributed by atoms with van der Waals surface area (Å²) >= 11 is 1.62. The van der Waals surface area contributed by atoms with E-state index in [0.717, 1.165) is 9.88 Å². The highest BCUT2D eigenvalue weighted by molar-refractivity contribution is 7.11. The van der Waals surface area contributed by atoms with Gasteiger partial charge < -0.3 is 9.47 Å². The molecule has 1 aromatic rings. The SMILES string of the molecule is Cc1ncc(C2(C)OCCO2)s1. The van der Waals surface area contributed by atoms with Crippen LogP contribution in [0, 0.1) is 6.92 Å². The fourth-order valence-corrected chi connectivity index (χ4v) is 2.06. The quantitative estimate of drug-likeness (QED) is 0.667. The Hall–Kier alpha value is -0.450. The van der Waals surface area contributed by atoms with E-state index in [1.807, 2.05) is 20.0 Å². The van der Waals surface area contributed by atoms with E-state index in [0.29, 0.717) is 13.2 Å². The van der Waals surface area contributed by atoms with E-state index >= 15 is 0 Å². The molecule has 3 nitrogen and oxygen atoms in total. The van der Waals surface area contributed by atoms with Gasteiger partial charge in [-0.25, -0.2) is 4.98 Å². The highest BCUT2D eigenvalue weighted by atomic mass is 32.1. The summed E-state index contributed by atoms with van der Waals surface area (Å²) in [5.41, 5.74) is 0. The van der Waals surface area contributed by atoms with Crippen molar-refractivity contribution in [3.8, 4) is 0 Å². The molecule has 66 valence electrons. The lowest BCUT2D eigenvalue weighted by molar-refractivity contribution is -0.147. The number of hydrogen-bond acceptors (Lipinski definition) is 4. The average molecular weight is 185 g/mol. The van der Waals surface area contributed by atoms with E-state index in [1.54, 1.807) is 11.3 Å². The Balaban J connectivity index is 2.28. The van der Waals surface area contributed by atoms with Crippen molar-refractivity contribution in [1.29, 1.82) is 0 Å². The van der Waals surface area contributed by atoms with Crippen molar-refractivity contribution >= 4 is 11.3 Å². The molecule has 4 heteroatoms. The summed E-state index contributed by atoms with van der Waals surface area (Å²) in [5.74, 6) is -0.536. The molecule has 1 aliphatic heterocycles. The van der Waals surface area contributed by atoms with E-state index < -0.39 is 5.79 Å². The molecule has 0 aromatic carbocycles. The number of aryl methyl sites for hydroxylation is 1. The molecular weight excluding hydrogens is 174 g/mol. The second-order valence-corrected chi connectivity index (χ2v) is 4.12. The van der Waals surface area contributed by atoms with Crippen LogP contribution in [0.25, 0.3) is 0 Å². The van der Waals surface area contributed by atoms with E-state index in [2.05, 4.69) is 4.98 Å². The summed E-state index contributed by atoms with van der Waals surface area (Å²) < 4.78 is 11.0. The van der Waals surface area contributed by atoms with Crippen LogP contribution in [-0.4, -0.2) is 18.2 Å². The standard InChI is InChI=1S/C8H11NO2S/c1-6-9-5-7(12-6)8(2)10-3-4-11-8/h5H,3-4H2,1-2H3. The smallest absolute Gasteiger partial charge is 0.203 e. The first-order valence-electron chi connectivity index (χ1n) is 3.91. The molecule has 0 amide bonds. The summed E-state index contributed by atoms with van der Waals surface area (Å²) in [4.78, 5) is 5.22. The molecule has 12 heavy (non-hydrogen) atoms. The zero-order chi connectivity index (χ0) is 8.60. The summed E-state index contributed by atoms with van der Waals surface area (Å²) in [6, 6.07) is 0. The van der Waals surface area contributed by atoms with Crippen LogP contribution in [-0.2, 0) is 15.3 Å². The maximum absolute atomic E-state index is 5.49. The zero-order valence-corrected chi connectivity index (χ0v) is 7.98. The molecule has 2 heterocycles. The number of rotatable bonds is 1. The first kappa shape index (κ1) is 8.16. The van der Waals surface area contributed by atoms with Crippen LogP contribution in [0.1, 0.15) is 16.8 Å². The monoisotopic (exact) mass is 185 g/mol. The molecule has 1 fully saturated rings. The molecule has 0 spiro atoms. The molecule has 0 aliphatic carbocycles. The third-order valence-electron chi connectivity index (χ3n) is 1.91. The molecule has 1 aromatic heterocycles. The van der Waals surface area contributed by atoms with Crippen molar-refractivity contribution < 1.29 is 9.47 Å². The van der Waals surface area contributed by atoms with Crippen molar-refractivity contribution in [2.24, 2.45) is 0 Å². The Bertz CT molecular complexity index is 278. The second-order valence-electron chi connectivity index (χ2n) is 2.89. The van der Waals surface area contributed by atoms with Gasteiger partial charge in [0.25, 0.3) is 0 Å². The van der Waals surface area contributed by atoms with E-state index in [4.69, 9.17) is 9.47 Å². The molecule has 0 saturated carbocycles. The summed E-state index contributed by atoms with van der Waals surface area (Å²) in [6.07, 6.45) is 1.82. The number of hydrogen-bond donors (Lipinski definition) is 0. The molecule has 0 atom stereocenters. The number of ether oxygens (including phenoxy) is 2. The molecule has 0 N–H and O–H groups in total. The minimum Gasteiger partial charge on any atom is -0.343 e. The zero-order valence-electron chi connectivity index (χ0n) is 7.16. The van der Waals surface area contributed by atoms with Crippen LogP contribution >= 0.6 is 11.3 Å². The molecule has 1 aliphatic rings. The highest BCUT2D eigenvalue weighted by Crippen LogP contribution is 2.33. The van der Waals surface area contributed by atoms with Crippen LogP contribution in [0.15, 0.2) is 6.20 Å². The van der Waals surface area contributed by atoms with Gasteiger partial charge >= 0.3 is 0 Å². The Morgan fingerprint density at radius 2 is 2.17 bits per heavy atom. The van der Waals surface area contributed by atoms with Crippen molar-refractivity contribution in [1.82, 2.24) is 4.98 Å².